The summed E-state index contributed by atoms with van der Waals surface area (Å²) in [7, 11) is -4.07. The van der Waals surface area contributed by atoms with Crippen molar-refractivity contribution in [3.05, 3.63) is 77.1 Å². The van der Waals surface area contributed by atoms with Gasteiger partial charge in [-0.3, -0.25) is 4.79 Å². The van der Waals surface area contributed by atoms with Crippen LogP contribution in [-0.2, 0) is 16.4 Å². The van der Waals surface area contributed by atoms with Crippen molar-refractivity contribution in [2.75, 3.05) is 5.32 Å². The van der Waals surface area contributed by atoms with Gasteiger partial charge in [0.15, 0.2) is 27.3 Å². The van der Waals surface area contributed by atoms with E-state index in [0.717, 1.165) is 6.07 Å². The first-order valence-electron chi connectivity index (χ1n) is 11.2. The molecule has 0 radical (unpaired) electrons. The lowest BCUT2D eigenvalue weighted by molar-refractivity contribution is -0.0276. The van der Waals surface area contributed by atoms with Gasteiger partial charge in [-0.25, -0.2) is 26.6 Å². The Hall–Kier alpha value is -2.89. The van der Waals surface area contributed by atoms with Gasteiger partial charge in [0.05, 0.1) is 33.6 Å². The molecule has 2 saturated carbocycles. The fourth-order valence-electron chi connectivity index (χ4n) is 5.64. The highest BCUT2D eigenvalue weighted by Crippen LogP contribution is 2.55. The third kappa shape index (κ3) is 4.18. The number of aromatic nitrogens is 2. The van der Waals surface area contributed by atoms with Gasteiger partial charge in [-0.05, 0) is 43.4 Å². The molecule has 2 fully saturated rings. The molecule has 0 spiro atoms. The van der Waals surface area contributed by atoms with Crippen LogP contribution in [0.15, 0.2) is 53.9 Å². The molecule has 12 heteroatoms. The SMILES string of the molecule is O=C(Nc1cc(F)c(F)c(F)c1)c1ccc(Cl)c(S(=O)(=O)[C@@H]2C3CCC2[C@@](O)(Cn2ccnc2)C3)c1. The monoisotopic (exact) mass is 539 g/mol. The molecule has 7 nitrogen and oxygen atoms in total. The molecule has 1 amide bonds. The number of hydrogen-bond acceptors (Lipinski definition) is 5. The van der Waals surface area contributed by atoms with Crippen LogP contribution in [0.2, 0.25) is 5.02 Å². The Morgan fingerprint density at radius 3 is 2.58 bits per heavy atom. The number of anilines is 1. The number of carbonyl (C=O) groups is 1. The van der Waals surface area contributed by atoms with Crippen LogP contribution < -0.4 is 5.32 Å². The van der Waals surface area contributed by atoms with Crippen molar-refractivity contribution in [1.29, 1.82) is 0 Å². The van der Waals surface area contributed by atoms with Crippen LogP contribution in [0.4, 0.5) is 18.9 Å². The molecule has 2 unspecified atom stereocenters. The van der Waals surface area contributed by atoms with E-state index in [-0.39, 0.29) is 33.6 Å². The Morgan fingerprint density at radius 2 is 1.92 bits per heavy atom. The molecule has 190 valence electrons. The highest BCUT2D eigenvalue weighted by molar-refractivity contribution is 7.92. The maximum absolute atomic E-state index is 13.8. The third-order valence-electron chi connectivity index (χ3n) is 7.13. The number of imidazole rings is 1. The van der Waals surface area contributed by atoms with E-state index in [0.29, 0.717) is 31.4 Å². The predicted octanol–water partition coefficient (Wildman–Crippen LogP) is 4.21. The van der Waals surface area contributed by atoms with Gasteiger partial charge in [-0.1, -0.05) is 11.6 Å². The molecule has 2 N–H and O–H groups in total. The molecule has 2 aromatic carbocycles. The van der Waals surface area contributed by atoms with Crippen molar-refractivity contribution in [3.8, 4) is 0 Å². The zero-order chi connectivity index (χ0) is 25.8. The first-order chi connectivity index (χ1) is 17.0. The molecular formula is C24H21ClF3N3O4S. The van der Waals surface area contributed by atoms with E-state index in [9.17, 15) is 31.5 Å². The summed E-state index contributed by atoms with van der Waals surface area (Å²) in [6.45, 7) is 0.209. The number of hydrogen-bond donors (Lipinski definition) is 2. The van der Waals surface area contributed by atoms with Crippen LogP contribution >= 0.6 is 11.6 Å². The Labute approximate surface area is 209 Å². The Kier molecular flexibility index (Phi) is 6.12. The fourth-order valence-corrected chi connectivity index (χ4v) is 8.56. The molecule has 0 saturated heterocycles. The molecule has 2 bridgehead atoms. The lowest BCUT2D eigenvalue weighted by Crippen LogP contribution is -2.42. The number of fused-ring (bicyclic) bond motifs is 2. The summed E-state index contributed by atoms with van der Waals surface area (Å²) >= 11 is 6.26. The minimum atomic E-state index is -4.07. The van der Waals surface area contributed by atoms with Gasteiger partial charge in [0, 0.05) is 41.7 Å². The van der Waals surface area contributed by atoms with Crippen molar-refractivity contribution in [2.24, 2.45) is 11.8 Å². The van der Waals surface area contributed by atoms with E-state index >= 15 is 0 Å². The summed E-state index contributed by atoms with van der Waals surface area (Å²) in [6.07, 6.45) is 6.31. The Bertz CT molecular complexity index is 1430. The molecule has 2 aliphatic carbocycles. The van der Waals surface area contributed by atoms with Crippen molar-refractivity contribution in [3.63, 3.8) is 0 Å². The van der Waals surface area contributed by atoms with Crippen LogP contribution in [0.3, 0.4) is 0 Å². The number of benzene rings is 2. The molecule has 2 aliphatic rings. The number of carbonyl (C=O) groups excluding carboxylic acids is 1. The van der Waals surface area contributed by atoms with Crippen LogP contribution in [-0.4, -0.2) is 39.8 Å². The number of aliphatic hydroxyl groups is 1. The van der Waals surface area contributed by atoms with Gasteiger partial charge < -0.3 is 15.0 Å². The number of halogens is 4. The second-order valence-corrected chi connectivity index (χ2v) is 11.8. The average Bonchev–Trinajstić information content (AvgIpc) is 3.53. The number of nitrogens with zero attached hydrogens (tertiary/aromatic N) is 2. The summed E-state index contributed by atoms with van der Waals surface area (Å²) in [5, 5.41) is 12.6. The second-order valence-electron chi connectivity index (χ2n) is 9.35. The van der Waals surface area contributed by atoms with E-state index in [1.165, 1.54) is 12.1 Å². The fraction of sp³-hybridized carbons (Fsp3) is 0.333. The zero-order valence-electron chi connectivity index (χ0n) is 18.7. The summed E-state index contributed by atoms with van der Waals surface area (Å²) in [5.41, 5.74) is -1.70. The lowest BCUT2D eigenvalue weighted by Gasteiger charge is -2.33. The first kappa shape index (κ1) is 24.8. The molecular weight excluding hydrogens is 519 g/mol. The number of nitrogens with one attached hydrogen (secondary N) is 1. The minimum absolute atomic E-state index is 0.0881. The number of rotatable bonds is 6. The summed E-state index contributed by atoms with van der Waals surface area (Å²) in [6, 6.07) is 4.85. The van der Waals surface area contributed by atoms with Gasteiger partial charge in [0.2, 0.25) is 0 Å². The standard InChI is InChI=1S/C24H21ClF3N3O4S/c25-17-4-2-13(23(32)30-15-8-18(26)21(28)19(27)9-15)7-20(17)36(34,35)22-14-1-3-16(22)24(33,10-14)11-31-6-5-29-12-31/h2,4-9,12,14,16,22,33H,1,3,10-11H2,(H,30,32)/t14?,16?,22-,24+/m1/s1. The van der Waals surface area contributed by atoms with Gasteiger partial charge >= 0.3 is 0 Å². The van der Waals surface area contributed by atoms with Crippen molar-refractivity contribution in [2.45, 2.75) is 41.6 Å². The van der Waals surface area contributed by atoms with E-state index in [1.54, 1.807) is 23.3 Å². The summed E-state index contributed by atoms with van der Waals surface area (Å²) in [5.74, 6) is -6.32. The largest absolute Gasteiger partial charge is 0.388 e. The van der Waals surface area contributed by atoms with Crippen molar-refractivity contribution >= 4 is 33.0 Å². The van der Waals surface area contributed by atoms with Crippen LogP contribution in [0, 0.1) is 29.3 Å². The van der Waals surface area contributed by atoms with E-state index in [4.69, 9.17) is 11.6 Å². The second kappa shape index (κ2) is 8.89. The van der Waals surface area contributed by atoms with Gasteiger partial charge in [0.25, 0.3) is 5.91 Å². The van der Waals surface area contributed by atoms with E-state index < -0.39 is 50.0 Å². The molecule has 36 heavy (non-hydrogen) atoms. The number of amides is 1. The molecule has 3 aromatic rings. The molecule has 5 rings (SSSR count). The first-order valence-corrected chi connectivity index (χ1v) is 13.1. The van der Waals surface area contributed by atoms with E-state index in [2.05, 4.69) is 10.3 Å². The number of sulfone groups is 1. The topological polar surface area (TPSA) is 101 Å². The smallest absolute Gasteiger partial charge is 0.255 e. The Morgan fingerprint density at radius 1 is 1.19 bits per heavy atom. The minimum Gasteiger partial charge on any atom is -0.388 e. The van der Waals surface area contributed by atoms with E-state index in [1.807, 2.05) is 0 Å². The average molecular weight is 540 g/mol. The lowest BCUT2D eigenvalue weighted by atomic mass is 9.84. The maximum Gasteiger partial charge on any atom is 0.255 e. The zero-order valence-corrected chi connectivity index (χ0v) is 20.2. The maximum atomic E-state index is 13.8. The van der Waals surface area contributed by atoms with Gasteiger partial charge in [-0.15, -0.1) is 0 Å². The van der Waals surface area contributed by atoms with Gasteiger partial charge in [-0.2, -0.15) is 0 Å². The highest BCUT2D eigenvalue weighted by Gasteiger charge is 2.61. The summed E-state index contributed by atoms with van der Waals surface area (Å²) < 4.78 is 69.5. The predicted molar refractivity (Wildman–Crippen MR) is 125 cm³/mol. The van der Waals surface area contributed by atoms with Crippen LogP contribution in [0.1, 0.15) is 29.6 Å². The normalized spacial score (nSPS) is 25.3. The van der Waals surface area contributed by atoms with Gasteiger partial charge in [0.1, 0.15) is 0 Å². The van der Waals surface area contributed by atoms with Crippen molar-refractivity contribution in [1.82, 2.24) is 9.55 Å². The molecule has 1 aromatic heterocycles. The van der Waals surface area contributed by atoms with Crippen LogP contribution in [0.25, 0.3) is 0 Å². The van der Waals surface area contributed by atoms with Crippen LogP contribution in [0.5, 0.6) is 0 Å². The molecule has 4 atom stereocenters. The quantitative estimate of drug-likeness (QED) is 0.457. The third-order valence-corrected chi connectivity index (χ3v) is 9.95. The summed E-state index contributed by atoms with van der Waals surface area (Å²) in [4.78, 5) is 16.4. The van der Waals surface area contributed by atoms with Crippen molar-refractivity contribution < 1.29 is 31.5 Å². The highest BCUT2D eigenvalue weighted by atomic mass is 35.5. The molecule has 0 aliphatic heterocycles. The Balaban J connectivity index is 1.43. The molecule has 1 heterocycles.